The summed E-state index contributed by atoms with van der Waals surface area (Å²) in [5.41, 5.74) is 1.00. The molecule has 1 aliphatic heterocycles. The van der Waals surface area contributed by atoms with E-state index < -0.39 is 0 Å². The molecule has 1 aromatic heterocycles. The molecule has 1 N–H and O–H groups in total. The third-order valence-corrected chi connectivity index (χ3v) is 4.08. The van der Waals surface area contributed by atoms with Crippen LogP contribution in [0.25, 0.3) is 22.2 Å². The summed E-state index contributed by atoms with van der Waals surface area (Å²) in [6, 6.07) is 14.6. The SMILES string of the molecule is c1ccc2c(-c3nc(C4CCCCN4)no3)cccc2c1. The van der Waals surface area contributed by atoms with Crippen LogP contribution in [0.4, 0.5) is 0 Å². The molecule has 1 unspecified atom stereocenters. The van der Waals surface area contributed by atoms with Gasteiger partial charge >= 0.3 is 0 Å². The molecular formula is C17H17N3O. The van der Waals surface area contributed by atoms with Crippen LogP contribution in [0.2, 0.25) is 0 Å². The molecule has 2 aromatic carbocycles. The third-order valence-electron chi connectivity index (χ3n) is 4.08. The first-order chi connectivity index (χ1) is 10.4. The summed E-state index contributed by atoms with van der Waals surface area (Å²) in [5.74, 6) is 1.38. The maximum absolute atomic E-state index is 5.51. The van der Waals surface area contributed by atoms with E-state index in [2.05, 4.69) is 33.7 Å². The molecule has 21 heavy (non-hydrogen) atoms. The maximum Gasteiger partial charge on any atom is 0.258 e. The van der Waals surface area contributed by atoms with Crippen LogP contribution in [-0.4, -0.2) is 16.7 Å². The molecule has 0 saturated carbocycles. The summed E-state index contributed by atoms with van der Waals surface area (Å²) in [6.45, 7) is 1.03. The topological polar surface area (TPSA) is 51.0 Å². The highest BCUT2D eigenvalue weighted by molar-refractivity contribution is 5.94. The maximum atomic E-state index is 5.51. The highest BCUT2D eigenvalue weighted by Crippen LogP contribution is 2.29. The van der Waals surface area contributed by atoms with Gasteiger partial charge in [-0.3, -0.25) is 0 Å². The number of aromatic nitrogens is 2. The van der Waals surface area contributed by atoms with Crippen LogP contribution in [0.15, 0.2) is 47.0 Å². The lowest BCUT2D eigenvalue weighted by Gasteiger charge is -2.19. The van der Waals surface area contributed by atoms with E-state index in [0.29, 0.717) is 5.89 Å². The highest BCUT2D eigenvalue weighted by atomic mass is 16.5. The Labute approximate surface area is 123 Å². The molecule has 4 nitrogen and oxygen atoms in total. The molecule has 106 valence electrons. The molecule has 4 heteroatoms. The van der Waals surface area contributed by atoms with Crippen LogP contribution in [-0.2, 0) is 0 Å². The summed E-state index contributed by atoms with van der Waals surface area (Å²) in [4.78, 5) is 4.61. The third kappa shape index (κ3) is 2.32. The lowest BCUT2D eigenvalue weighted by Crippen LogP contribution is -2.27. The van der Waals surface area contributed by atoms with Crippen molar-refractivity contribution >= 4 is 10.8 Å². The number of nitrogens with zero attached hydrogens (tertiary/aromatic N) is 2. The molecule has 4 rings (SSSR count). The second kappa shape index (κ2) is 5.30. The Morgan fingerprint density at radius 2 is 1.95 bits per heavy atom. The summed E-state index contributed by atoms with van der Waals surface area (Å²) >= 11 is 0. The normalized spacial score (nSPS) is 19.0. The van der Waals surface area contributed by atoms with Gasteiger partial charge in [-0.2, -0.15) is 4.98 Å². The zero-order valence-electron chi connectivity index (χ0n) is 11.7. The first kappa shape index (κ1) is 12.5. The average Bonchev–Trinajstić information content (AvgIpc) is 3.05. The first-order valence-electron chi connectivity index (χ1n) is 7.47. The van der Waals surface area contributed by atoms with Gasteiger partial charge in [0.2, 0.25) is 0 Å². The minimum absolute atomic E-state index is 0.228. The van der Waals surface area contributed by atoms with Gasteiger partial charge in [0.05, 0.1) is 6.04 Å². The number of nitrogens with one attached hydrogen (secondary N) is 1. The Hall–Kier alpha value is -2.20. The number of hydrogen-bond donors (Lipinski definition) is 1. The Morgan fingerprint density at radius 3 is 2.86 bits per heavy atom. The molecule has 1 saturated heterocycles. The molecule has 0 aliphatic carbocycles. The molecule has 1 fully saturated rings. The Balaban J connectivity index is 1.74. The molecule has 0 amide bonds. The minimum atomic E-state index is 0.228. The predicted molar refractivity (Wildman–Crippen MR) is 81.8 cm³/mol. The van der Waals surface area contributed by atoms with Crippen molar-refractivity contribution in [2.75, 3.05) is 6.54 Å². The van der Waals surface area contributed by atoms with E-state index in [9.17, 15) is 0 Å². The summed E-state index contributed by atoms with van der Waals surface area (Å²) in [5, 5.41) is 9.96. The largest absolute Gasteiger partial charge is 0.334 e. The smallest absolute Gasteiger partial charge is 0.258 e. The molecule has 0 radical (unpaired) electrons. The lowest BCUT2D eigenvalue weighted by atomic mass is 10.0. The minimum Gasteiger partial charge on any atom is -0.334 e. The first-order valence-corrected chi connectivity index (χ1v) is 7.47. The van der Waals surface area contributed by atoms with Crippen LogP contribution in [0, 0.1) is 0 Å². The van der Waals surface area contributed by atoms with Gasteiger partial charge in [0.1, 0.15) is 0 Å². The van der Waals surface area contributed by atoms with E-state index in [1.165, 1.54) is 18.2 Å². The second-order valence-electron chi connectivity index (χ2n) is 5.49. The Kier molecular flexibility index (Phi) is 3.16. The van der Waals surface area contributed by atoms with E-state index in [1.807, 2.05) is 24.3 Å². The van der Waals surface area contributed by atoms with Gasteiger partial charge in [-0.1, -0.05) is 48.0 Å². The fraction of sp³-hybridized carbons (Fsp3) is 0.294. The van der Waals surface area contributed by atoms with Gasteiger partial charge in [-0.25, -0.2) is 0 Å². The van der Waals surface area contributed by atoms with Gasteiger partial charge in [0.15, 0.2) is 5.82 Å². The number of benzene rings is 2. The summed E-state index contributed by atoms with van der Waals surface area (Å²) in [7, 11) is 0. The van der Waals surface area contributed by atoms with Gasteiger partial charge in [-0.15, -0.1) is 0 Å². The monoisotopic (exact) mass is 279 g/mol. The second-order valence-corrected chi connectivity index (χ2v) is 5.49. The fourth-order valence-corrected chi connectivity index (χ4v) is 2.97. The van der Waals surface area contributed by atoms with Crippen molar-refractivity contribution in [1.82, 2.24) is 15.5 Å². The molecule has 3 aromatic rings. The molecular weight excluding hydrogens is 262 g/mol. The lowest BCUT2D eigenvalue weighted by molar-refractivity contribution is 0.367. The number of hydrogen-bond acceptors (Lipinski definition) is 4. The summed E-state index contributed by atoms with van der Waals surface area (Å²) < 4.78 is 5.51. The Bertz CT molecular complexity index is 754. The molecule has 2 heterocycles. The molecule has 1 atom stereocenters. The van der Waals surface area contributed by atoms with Crippen molar-refractivity contribution in [3.63, 3.8) is 0 Å². The van der Waals surface area contributed by atoms with Gasteiger partial charge < -0.3 is 9.84 Å². The molecule has 0 bridgehead atoms. The number of piperidine rings is 1. The van der Waals surface area contributed by atoms with E-state index in [4.69, 9.17) is 4.52 Å². The number of rotatable bonds is 2. The van der Waals surface area contributed by atoms with Crippen molar-refractivity contribution in [3.8, 4) is 11.5 Å². The van der Waals surface area contributed by atoms with Crippen molar-refractivity contribution in [2.45, 2.75) is 25.3 Å². The van der Waals surface area contributed by atoms with Crippen LogP contribution in [0.1, 0.15) is 31.1 Å². The van der Waals surface area contributed by atoms with E-state index in [1.54, 1.807) is 0 Å². The standard InChI is InChI=1S/C17H17N3O/c1-2-8-13-12(6-1)7-5-9-14(13)17-19-16(20-21-17)15-10-3-4-11-18-15/h1-2,5-9,15,18H,3-4,10-11H2. The predicted octanol–water partition coefficient (Wildman–Crippen LogP) is 3.70. The van der Waals surface area contributed by atoms with Crippen LogP contribution in [0.5, 0.6) is 0 Å². The zero-order chi connectivity index (χ0) is 14.1. The van der Waals surface area contributed by atoms with Crippen LogP contribution < -0.4 is 5.32 Å². The fourth-order valence-electron chi connectivity index (χ4n) is 2.97. The zero-order valence-corrected chi connectivity index (χ0v) is 11.7. The summed E-state index contributed by atoms with van der Waals surface area (Å²) in [6.07, 6.45) is 3.52. The van der Waals surface area contributed by atoms with Crippen LogP contribution in [0.3, 0.4) is 0 Å². The Morgan fingerprint density at radius 1 is 1.05 bits per heavy atom. The van der Waals surface area contributed by atoms with Crippen LogP contribution >= 0.6 is 0 Å². The van der Waals surface area contributed by atoms with E-state index >= 15 is 0 Å². The van der Waals surface area contributed by atoms with Gasteiger partial charge in [0, 0.05) is 5.56 Å². The van der Waals surface area contributed by atoms with E-state index in [0.717, 1.165) is 29.7 Å². The highest BCUT2D eigenvalue weighted by Gasteiger charge is 2.21. The van der Waals surface area contributed by atoms with Crippen molar-refractivity contribution in [2.24, 2.45) is 0 Å². The van der Waals surface area contributed by atoms with Crippen molar-refractivity contribution < 1.29 is 4.52 Å². The van der Waals surface area contributed by atoms with Crippen molar-refractivity contribution in [1.29, 1.82) is 0 Å². The van der Waals surface area contributed by atoms with Gasteiger partial charge in [-0.05, 0) is 36.2 Å². The van der Waals surface area contributed by atoms with Crippen molar-refractivity contribution in [3.05, 3.63) is 48.3 Å². The molecule has 1 aliphatic rings. The average molecular weight is 279 g/mol. The molecule has 0 spiro atoms. The van der Waals surface area contributed by atoms with E-state index in [-0.39, 0.29) is 6.04 Å². The quantitative estimate of drug-likeness (QED) is 0.777. The number of fused-ring (bicyclic) bond motifs is 1. The van der Waals surface area contributed by atoms with Gasteiger partial charge in [0.25, 0.3) is 5.89 Å².